The molecule has 0 saturated carbocycles. The fourth-order valence-corrected chi connectivity index (χ4v) is 3.88. The first kappa shape index (κ1) is 21.3. The number of anilines is 2. The summed E-state index contributed by atoms with van der Waals surface area (Å²) in [5.41, 5.74) is 3.12. The van der Waals surface area contributed by atoms with Gasteiger partial charge in [0.2, 0.25) is 0 Å². The Morgan fingerprint density at radius 3 is 2.44 bits per heavy atom. The molecule has 1 aliphatic heterocycles. The van der Waals surface area contributed by atoms with Crippen molar-refractivity contribution >= 4 is 29.1 Å². The number of Topliss-reactive ketones (excluding diaryl/α,β-unsaturated/α-hetero) is 1. The first-order valence-corrected chi connectivity index (χ1v) is 10.6. The van der Waals surface area contributed by atoms with Gasteiger partial charge in [0.1, 0.15) is 0 Å². The smallest absolute Gasteiger partial charge is 0.321 e. The van der Waals surface area contributed by atoms with Gasteiger partial charge in [0.05, 0.1) is 5.69 Å². The van der Waals surface area contributed by atoms with Crippen molar-refractivity contribution in [1.29, 1.82) is 0 Å². The van der Waals surface area contributed by atoms with E-state index in [4.69, 9.17) is 0 Å². The molecule has 0 radical (unpaired) electrons. The van der Waals surface area contributed by atoms with Crippen LogP contribution in [-0.4, -0.2) is 35.7 Å². The number of amides is 3. The first-order chi connectivity index (χ1) is 15.5. The Morgan fingerprint density at radius 2 is 1.66 bits per heavy atom. The second kappa shape index (κ2) is 9.47. The molecule has 3 aromatic carbocycles. The Balaban J connectivity index is 1.51. The summed E-state index contributed by atoms with van der Waals surface area (Å²) in [6.07, 6.45) is 0.848. The van der Waals surface area contributed by atoms with Crippen molar-refractivity contribution < 1.29 is 14.4 Å². The molecule has 1 aliphatic rings. The van der Waals surface area contributed by atoms with Crippen LogP contribution in [-0.2, 0) is 6.54 Å². The molecule has 162 valence electrons. The molecule has 0 spiro atoms. The largest absolute Gasteiger partial charge is 0.324 e. The monoisotopic (exact) mass is 427 g/mol. The van der Waals surface area contributed by atoms with Gasteiger partial charge in [0.15, 0.2) is 5.78 Å². The van der Waals surface area contributed by atoms with Gasteiger partial charge in [-0.05, 0) is 49.2 Å². The fraction of sp³-hybridized carbons (Fsp3) is 0.192. The van der Waals surface area contributed by atoms with E-state index in [9.17, 15) is 14.4 Å². The van der Waals surface area contributed by atoms with Crippen LogP contribution in [0.1, 0.15) is 39.6 Å². The highest BCUT2D eigenvalue weighted by molar-refractivity contribution is 6.09. The van der Waals surface area contributed by atoms with Crippen LogP contribution in [0.2, 0.25) is 0 Å². The van der Waals surface area contributed by atoms with E-state index in [0.29, 0.717) is 42.1 Å². The second-order valence-electron chi connectivity index (χ2n) is 7.80. The predicted octanol–water partition coefficient (Wildman–Crippen LogP) is 4.97. The van der Waals surface area contributed by atoms with Crippen LogP contribution in [0.15, 0.2) is 78.9 Å². The summed E-state index contributed by atoms with van der Waals surface area (Å²) in [5.74, 6) is -0.446. The maximum absolute atomic E-state index is 13.1. The molecule has 1 fully saturated rings. The van der Waals surface area contributed by atoms with Crippen molar-refractivity contribution in [2.45, 2.75) is 19.9 Å². The Morgan fingerprint density at radius 1 is 0.906 bits per heavy atom. The lowest BCUT2D eigenvalue weighted by Crippen LogP contribution is -2.49. The molecule has 1 heterocycles. The van der Waals surface area contributed by atoms with Crippen LogP contribution in [0.3, 0.4) is 0 Å². The topological polar surface area (TPSA) is 69.7 Å². The molecule has 0 unspecified atom stereocenters. The summed E-state index contributed by atoms with van der Waals surface area (Å²) in [6.45, 7) is 3.32. The van der Waals surface area contributed by atoms with Crippen molar-refractivity contribution in [3.63, 3.8) is 0 Å². The average Bonchev–Trinajstić information content (AvgIpc) is 2.81. The van der Waals surface area contributed by atoms with Crippen LogP contribution in [0.4, 0.5) is 16.2 Å². The van der Waals surface area contributed by atoms with Gasteiger partial charge in [0.25, 0.3) is 5.91 Å². The molecule has 4 rings (SSSR count). The van der Waals surface area contributed by atoms with E-state index < -0.39 is 0 Å². The number of carbonyl (C=O) groups excluding carboxylic acids is 3. The van der Waals surface area contributed by atoms with Gasteiger partial charge in [0, 0.05) is 36.4 Å². The number of hydrogen-bond acceptors (Lipinski definition) is 3. The SMILES string of the molecule is CC(=O)c1ccccc1NC(=O)c1cccc(N2CCCN(Cc3ccccc3)C2=O)c1. The summed E-state index contributed by atoms with van der Waals surface area (Å²) in [4.78, 5) is 41.4. The zero-order valence-corrected chi connectivity index (χ0v) is 18.0. The number of ketones is 1. The fourth-order valence-electron chi connectivity index (χ4n) is 3.88. The van der Waals surface area contributed by atoms with Gasteiger partial charge in [-0.25, -0.2) is 4.79 Å². The van der Waals surface area contributed by atoms with Crippen molar-refractivity contribution in [1.82, 2.24) is 4.90 Å². The minimum atomic E-state index is -0.328. The first-order valence-electron chi connectivity index (χ1n) is 10.6. The van der Waals surface area contributed by atoms with E-state index in [1.54, 1.807) is 47.4 Å². The van der Waals surface area contributed by atoms with Gasteiger partial charge in [-0.2, -0.15) is 0 Å². The number of urea groups is 1. The summed E-state index contributed by atoms with van der Waals surface area (Å²) in [5, 5.41) is 2.82. The van der Waals surface area contributed by atoms with Crippen LogP contribution in [0.25, 0.3) is 0 Å². The zero-order chi connectivity index (χ0) is 22.5. The van der Waals surface area contributed by atoms with Gasteiger partial charge < -0.3 is 10.2 Å². The zero-order valence-electron chi connectivity index (χ0n) is 18.0. The standard InChI is InChI=1S/C26H25N3O3/c1-19(30)23-13-5-6-14-24(23)27-25(31)21-11-7-12-22(17-21)29-16-8-15-28(26(29)32)18-20-9-3-2-4-10-20/h2-7,9-14,17H,8,15-16,18H2,1H3,(H,27,31). The number of nitrogens with one attached hydrogen (secondary N) is 1. The van der Waals surface area contributed by atoms with E-state index in [1.807, 2.05) is 41.3 Å². The maximum Gasteiger partial charge on any atom is 0.324 e. The van der Waals surface area contributed by atoms with E-state index in [1.165, 1.54) is 6.92 Å². The lowest BCUT2D eigenvalue weighted by atomic mass is 10.1. The summed E-state index contributed by atoms with van der Waals surface area (Å²) in [7, 11) is 0. The molecule has 32 heavy (non-hydrogen) atoms. The quantitative estimate of drug-likeness (QED) is 0.565. The molecule has 3 aromatic rings. The number of hydrogen-bond donors (Lipinski definition) is 1. The second-order valence-corrected chi connectivity index (χ2v) is 7.80. The van der Waals surface area contributed by atoms with Crippen LogP contribution < -0.4 is 10.2 Å². The molecule has 0 bridgehead atoms. The van der Waals surface area contributed by atoms with Crippen LogP contribution in [0, 0.1) is 0 Å². The van der Waals surface area contributed by atoms with E-state index in [2.05, 4.69) is 5.32 Å². The normalized spacial score (nSPS) is 13.7. The van der Waals surface area contributed by atoms with Crippen molar-refractivity contribution in [2.24, 2.45) is 0 Å². The third-order valence-corrected chi connectivity index (χ3v) is 5.50. The Labute approximate surface area is 187 Å². The number of para-hydroxylation sites is 1. The minimum absolute atomic E-state index is 0.0698. The molecule has 6 nitrogen and oxygen atoms in total. The molecule has 0 atom stereocenters. The van der Waals surface area contributed by atoms with E-state index in [-0.39, 0.29) is 17.7 Å². The molecule has 3 amide bonds. The molecular formula is C26H25N3O3. The molecule has 1 N–H and O–H groups in total. The highest BCUT2D eigenvalue weighted by Gasteiger charge is 2.27. The van der Waals surface area contributed by atoms with Crippen molar-refractivity contribution in [3.05, 3.63) is 95.6 Å². The molecule has 0 aliphatic carbocycles. The average molecular weight is 428 g/mol. The summed E-state index contributed by atoms with van der Waals surface area (Å²) >= 11 is 0. The minimum Gasteiger partial charge on any atom is -0.321 e. The summed E-state index contributed by atoms with van der Waals surface area (Å²) in [6, 6.07) is 23.8. The Kier molecular flexibility index (Phi) is 6.31. The number of carbonyl (C=O) groups is 3. The van der Waals surface area contributed by atoms with Crippen molar-refractivity contribution in [3.8, 4) is 0 Å². The lowest BCUT2D eigenvalue weighted by molar-refractivity contribution is 0.101. The van der Waals surface area contributed by atoms with Crippen molar-refractivity contribution in [2.75, 3.05) is 23.3 Å². The van der Waals surface area contributed by atoms with Crippen LogP contribution in [0.5, 0.6) is 0 Å². The highest BCUT2D eigenvalue weighted by Crippen LogP contribution is 2.24. The van der Waals surface area contributed by atoms with Gasteiger partial charge in [-0.15, -0.1) is 0 Å². The number of nitrogens with zero attached hydrogens (tertiary/aromatic N) is 2. The third kappa shape index (κ3) is 4.70. The number of benzene rings is 3. The van der Waals surface area contributed by atoms with Gasteiger partial charge in [-0.3, -0.25) is 14.5 Å². The van der Waals surface area contributed by atoms with E-state index in [0.717, 1.165) is 12.0 Å². The lowest BCUT2D eigenvalue weighted by Gasteiger charge is -2.35. The Hall–Kier alpha value is -3.93. The van der Waals surface area contributed by atoms with E-state index >= 15 is 0 Å². The molecule has 6 heteroatoms. The van der Waals surface area contributed by atoms with Crippen LogP contribution >= 0.6 is 0 Å². The van der Waals surface area contributed by atoms with Gasteiger partial charge >= 0.3 is 6.03 Å². The molecular weight excluding hydrogens is 402 g/mol. The molecule has 0 aromatic heterocycles. The molecule has 1 saturated heterocycles. The third-order valence-electron chi connectivity index (χ3n) is 5.50. The Bertz CT molecular complexity index is 1140. The highest BCUT2D eigenvalue weighted by atomic mass is 16.2. The maximum atomic E-state index is 13.1. The number of rotatable bonds is 6. The predicted molar refractivity (Wildman–Crippen MR) is 125 cm³/mol. The summed E-state index contributed by atoms with van der Waals surface area (Å²) < 4.78 is 0. The van der Waals surface area contributed by atoms with Gasteiger partial charge in [-0.1, -0.05) is 48.5 Å².